The van der Waals surface area contributed by atoms with Crippen LogP contribution in [0.15, 0.2) is 0 Å². The van der Waals surface area contributed by atoms with E-state index < -0.39 is 0 Å². The van der Waals surface area contributed by atoms with Gasteiger partial charge in [-0.05, 0) is 19.8 Å². The van der Waals surface area contributed by atoms with Gasteiger partial charge in [0.15, 0.2) is 0 Å². The molecule has 0 atom stereocenters. The van der Waals surface area contributed by atoms with Crippen molar-refractivity contribution >= 4 is 6.03 Å². The Kier molecular flexibility index (Phi) is 3.54. The van der Waals surface area contributed by atoms with Gasteiger partial charge in [0.2, 0.25) is 0 Å². The lowest BCUT2D eigenvalue weighted by molar-refractivity contribution is 0.0195. The van der Waals surface area contributed by atoms with Crippen LogP contribution in [0.2, 0.25) is 0 Å². The van der Waals surface area contributed by atoms with Crippen LogP contribution in [0.5, 0.6) is 0 Å². The topological polar surface area (TPSA) is 41.6 Å². The van der Waals surface area contributed by atoms with Gasteiger partial charge >= 0.3 is 6.03 Å². The maximum atomic E-state index is 11.3. The third-order valence-electron chi connectivity index (χ3n) is 2.58. The van der Waals surface area contributed by atoms with Gasteiger partial charge in [0.05, 0.1) is 6.10 Å². The minimum atomic E-state index is 0.0158. The summed E-state index contributed by atoms with van der Waals surface area (Å²) in [5.41, 5.74) is 0. The number of methoxy groups -OCH3 is 1. The van der Waals surface area contributed by atoms with E-state index in [1.807, 2.05) is 6.92 Å². The third kappa shape index (κ3) is 2.59. The van der Waals surface area contributed by atoms with E-state index in [0.717, 1.165) is 19.4 Å². The van der Waals surface area contributed by atoms with E-state index in [4.69, 9.17) is 4.74 Å². The van der Waals surface area contributed by atoms with Crippen LogP contribution < -0.4 is 5.32 Å². The first-order valence-corrected chi connectivity index (χ1v) is 4.71. The molecule has 1 N–H and O–H groups in total. The van der Waals surface area contributed by atoms with E-state index in [1.165, 1.54) is 0 Å². The van der Waals surface area contributed by atoms with Crippen molar-refractivity contribution in [1.82, 2.24) is 10.2 Å². The summed E-state index contributed by atoms with van der Waals surface area (Å²) in [5.74, 6) is 0. The van der Waals surface area contributed by atoms with E-state index in [-0.39, 0.29) is 6.03 Å². The van der Waals surface area contributed by atoms with Crippen molar-refractivity contribution in [3.63, 3.8) is 0 Å². The normalized spacial score (nSPS) is 26.4. The fourth-order valence-electron chi connectivity index (χ4n) is 1.30. The van der Waals surface area contributed by atoms with Crippen LogP contribution in [0.1, 0.15) is 19.8 Å². The molecule has 2 amide bonds. The molecule has 0 aliphatic heterocycles. The number of ether oxygens (including phenoxy) is 1. The van der Waals surface area contributed by atoms with E-state index in [0.29, 0.717) is 12.1 Å². The molecule has 76 valence electrons. The van der Waals surface area contributed by atoms with Gasteiger partial charge in [0.1, 0.15) is 0 Å². The number of amides is 2. The Morgan fingerprint density at radius 3 is 2.69 bits per heavy atom. The zero-order valence-corrected chi connectivity index (χ0v) is 8.54. The lowest BCUT2D eigenvalue weighted by Crippen LogP contribution is -2.51. The van der Waals surface area contributed by atoms with Crippen LogP contribution in [-0.2, 0) is 4.74 Å². The van der Waals surface area contributed by atoms with Gasteiger partial charge in [0.25, 0.3) is 0 Å². The highest BCUT2D eigenvalue weighted by Crippen LogP contribution is 2.22. The zero-order chi connectivity index (χ0) is 9.84. The molecule has 0 radical (unpaired) electrons. The molecule has 0 aromatic rings. The molecule has 13 heavy (non-hydrogen) atoms. The van der Waals surface area contributed by atoms with Crippen LogP contribution in [0.4, 0.5) is 4.79 Å². The summed E-state index contributed by atoms with van der Waals surface area (Å²) in [7, 11) is 3.50. The lowest BCUT2D eigenvalue weighted by Gasteiger charge is -2.35. The number of rotatable bonds is 3. The number of carbonyl (C=O) groups is 1. The zero-order valence-electron chi connectivity index (χ0n) is 8.54. The van der Waals surface area contributed by atoms with Crippen LogP contribution >= 0.6 is 0 Å². The average Bonchev–Trinajstić information content (AvgIpc) is 2.08. The molecule has 0 unspecified atom stereocenters. The van der Waals surface area contributed by atoms with Gasteiger partial charge in [-0.15, -0.1) is 0 Å². The Morgan fingerprint density at radius 1 is 1.62 bits per heavy atom. The second kappa shape index (κ2) is 4.46. The van der Waals surface area contributed by atoms with Gasteiger partial charge < -0.3 is 15.0 Å². The molecule has 1 saturated carbocycles. The van der Waals surface area contributed by atoms with Crippen molar-refractivity contribution in [1.29, 1.82) is 0 Å². The summed E-state index contributed by atoms with van der Waals surface area (Å²) in [6, 6.07) is 0.327. The van der Waals surface area contributed by atoms with E-state index in [9.17, 15) is 4.79 Å². The maximum absolute atomic E-state index is 11.3. The smallest absolute Gasteiger partial charge is 0.317 e. The van der Waals surface area contributed by atoms with Crippen molar-refractivity contribution < 1.29 is 9.53 Å². The fraction of sp³-hybridized carbons (Fsp3) is 0.889. The molecular weight excluding hydrogens is 168 g/mol. The summed E-state index contributed by atoms with van der Waals surface area (Å²) >= 11 is 0. The molecule has 0 spiro atoms. The molecule has 0 heterocycles. The predicted molar refractivity (Wildman–Crippen MR) is 50.7 cm³/mol. The fourth-order valence-corrected chi connectivity index (χ4v) is 1.30. The van der Waals surface area contributed by atoms with Crippen LogP contribution in [0, 0.1) is 0 Å². The highest BCUT2D eigenvalue weighted by Gasteiger charge is 2.30. The number of carbonyl (C=O) groups excluding carboxylic acids is 1. The molecule has 4 nitrogen and oxygen atoms in total. The Bertz CT molecular complexity index is 178. The molecule has 4 heteroatoms. The first-order chi connectivity index (χ1) is 6.17. The second-order valence-corrected chi connectivity index (χ2v) is 3.49. The molecule has 1 aliphatic carbocycles. The monoisotopic (exact) mass is 186 g/mol. The van der Waals surface area contributed by atoms with Crippen LogP contribution in [0.25, 0.3) is 0 Å². The molecule has 0 saturated heterocycles. The number of hydrogen-bond acceptors (Lipinski definition) is 2. The molecule has 1 rings (SSSR count). The first-order valence-electron chi connectivity index (χ1n) is 4.71. The SMILES string of the molecule is CCN(C)C(=O)NC1CC(OC)C1. The van der Waals surface area contributed by atoms with E-state index in [1.54, 1.807) is 19.1 Å². The average molecular weight is 186 g/mol. The minimum absolute atomic E-state index is 0.0158. The second-order valence-electron chi connectivity index (χ2n) is 3.49. The summed E-state index contributed by atoms with van der Waals surface area (Å²) < 4.78 is 5.12. The predicted octanol–water partition coefficient (Wildman–Crippen LogP) is 0.825. The molecule has 0 aromatic carbocycles. The largest absolute Gasteiger partial charge is 0.381 e. The van der Waals surface area contributed by atoms with Gasteiger partial charge in [0, 0.05) is 26.7 Å². The lowest BCUT2D eigenvalue weighted by atomic mass is 9.89. The van der Waals surface area contributed by atoms with Gasteiger partial charge in [-0.1, -0.05) is 0 Å². The summed E-state index contributed by atoms with van der Waals surface area (Å²) in [6.45, 7) is 2.70. The minimum Gasteiger partial charge on any atom is -0.381 e. The number of nitrogens with one attached hydrogen (secondary N) is 1. The van der Waals surface area contributed by atoms with Crippen molar-refractivity contribution in [2.75, 3.05) is 20.7 Å². The van der Waals surface area contributed by atoms with E-state index >= 15 is 0 Å². The summed E-state index contributed by atoms with van der Waals surface area (Å²) in [4.78, 5) is 13.0. The third-order valence-corrected chi connectivity index (χ3v) is 2.58. The quantitative estimate of drug-likeness (QED) is 0.709. The number of urea groups is 1. The van der Waals surface area contributed by atoms with Crippen LogP contribution in [-0.4, -0.2) is 43.8 Å². The molecule has 1 aliphatic rings. The first kappa shape index (κ1) is 10.3. The highest BCUT2D eigenvalue weighted by atomic mass is 16.5. The summed E-state index contributed by atoms with van der Waals surface area (Å²) in [5, 5.41) is 2.94. The number of hydrogen-bond donors (Lipinski definition) is 1. The van der Waals surface area contributed by atoms with Crippen molar-refractivity contribution in [2.45, 2.75) is 31.9 Å². The Morgan fingerprint density at radius 2 is 2.23 bits per heavy atom. The van der Waals surface area contributed by atoms with Gasteiger partial charge in [-0.3, -0.25) is 0 Å². The Labute approximate surface area is 79.2 Å². The molecule has 0 aromatic heterocycles. The van der Waals surface area contributed by atoms with E-state index in [2.05, 4.69) is 5.32 Å². The summed E-state index contributed by atoms with van der Waals surface area (Å²) in [6.07, 6.45) is 2.23. The Hall–Kier alpha value is -0.770. The van der Waals surface area contributed by atoms with Crippen molar-refractivity contribution in [2.24, 2.45) is 0 Å². The standard InChI is InChI=1S/C9H18N2O2/c1-4-11(2)9(12)10-7-5-8(6-7)13-3/h7-8H,4-6H2,1-3H3,(H,10,12). The Balaban J connectivity index is 2.16. The number of nitrogens with zero attached hydrogens (tertiary/aromatic N) is 1. The van der Waals surface area contributed by atoms with Crippen molar-refractivity contribution in [3.8, 4) is 0 Å². The van der Waals surface area contributed by atoms with Crippen LogP contribution in [0.3, 0.4) is 0 Å². The highest BCUT2D eigenvalue weighted by molar-refractivity contribution is 5.74. The van der Waals surface area contributed by atoms with Gasteiger partial charge in [-0.25, -0.2) is 4.79 Å². The molecule has 0 bridgehead atoms. The maximum Gasteiger partial charge on any atom is 0.317 e. The molecular formula is C9H18N2O2. The molecule has 1 fully saturated rings. The van der Waals surface area contributed by atoms with Gasteiger partial charge in [-0.2, -0.15) is 0 Å². The van der Waals surface area contributed by atoms with Crippen molar-refractivity contribution in [3.05, 3.63) is 0 Å².